The first-order valence-corrected chi connectivity index (χ1v) is 6.40. The van der Waals surface area contributed by atoms with Gasteiger partial charge in [-0.2, -0.15) is 0 Å². The third-order valence-corrected chi connectivity index (χ3v) is 3.11. The Bertz CT molecular complexity index is 366. The minimum atomic E-state index is -0.150. The van der Waals surface area contributed by atoms with Crippen LogP contribution in [0.1, 0.15) is 20.8 Å². The molecule has 4 heteroatoms. The molecule has 0 saturated carbocycles. The summed E-state index contributed by atoms with van der Waals surface area (Å²) < 4.78 is 1.10. The molecule has 1 atom stereocenters. The minimum absolute atomic E-state index is 0.150. The average molecular weight is 332 g/mol. The van der Waals surface area contributed by atoms with E-state index in [2.05, 4.69) is 47.1 Å². The molecule has 3 nitrogen and oxygen atoms in total. The topological polar surface area (TPSA) is 41.1 Å². The van der Waals surface area contributed by atoms with Crippen LogP contribution in [0.15, 0.2) is 24.3 Å². The Morgan fingerprint density at radius 3 is 2.56 bits per heavy atom. The van der Waals surface area contributed by atoms with Crippen molar-refractivity contribution in [3.8, 4) is 0 Å². The van der Waals surface area contributed by atoms with Gasteiger partial charge in [0.15, 0.2) is 0 Å². The van der Waals surface area contributed by atoms with Gasteiger partial charge in [-0.25, -0.2) is 4.79 Å². The molecule has 0 spiro atoms. The van der Waals surface area contributed by atoms with Gasteiger partial charge in [-0.1, -0.05) is 19.9 Å². The lowest BCUT2D eigenvalue weighted by molar-refractivity contribution is 0.246. The SMILES string of the molecule is CC(C)[C@H](C)NC(=O)Nc1cccc(I)c1. The number of urea groups is 1. The van der Waals surface area contributed by atoms with Crippen LogP contribution in [0.2, 0.25) is 0 Å². The van der Waals surface area contributed by atoms with Gasteiger partial charge < -0.3 is 10.6 Å². The van der Waals surface area contributed by atoms with E-state index in [1.165, 1.54) is 0 Å². The summed E-state index contributed by atoms with van der Waals surface area (Å²) in [6, 6.07) is 7.73. The number of amides is 2. The highest BCUT2D eigenvalue weighted by molar-refractivity contribution is 14.1. The zero-order valence-electron chi connectivity index (χ0n) is 9.75. The smallest absolute Gasteiger partial charge is 0.319 e. The van der Waals surface area contributed by atoms with E-state index in [9.17, 15) is 4.79 Å². The van der Waals surface area contributed by atoms with Crippen molar-refractivity contribution in [1.29, 1.82) is 0 Å². The zero-order valence-corrected chi connectivity index (χ0v) is 11.9. The van der Waals surface area contributed by atoms with Crippen LogP contribution in [-0.2, 0) is 0 Å². The van der Waals surface area contributed by atoms with Crippen molar-refractivity contribution in [3.63, 3.8) is 0 Å². The van der Waals surface area contributed by atoms with Gasteiger partial charge in [0.05, 0.1) is 0 Å². The molecule has 16 heavy (non-hydrogen) atoms. The molecule has 0 aromatic heterocycles. The second-order valence-electron chi connectivity index (χ2n) is 4.14. The summed E-state index contributed by atoms with van der Waals surface area (Å²) in [5.74, 6) is 0.432. The molecule has 2 amide bonds. The van der Waals surface area contributed by atoms with E-state index in [0.717, 1.165) is 9.26 Å². The molecule has 0 bridgehead atoms. The summed E-state index contributed by atoms with van der Waals surface area (Å²) >= 11 is 2.22. The monoisotopic (exact) mass is 332 g/mol. The fraction of sp³-hybridized carbons (Fsp3) is 0.417. The summed E-state index contributed by atoms with van der Waals surface area (Å²) in [5.41, 5.74) is 0.820. The fourth-order valence-corrected chi connectivity index (χ4v) is 1.65. The standard InChI is InChI=1S/C12H17IN2O/c1-8(2)9(3)14-12(16)15-11-6-4-5-10(13)7-11/h4-9H,1-3H3,(H2,14,15,16)/t9-/m0/s1. The summed E-state index contributed by atoms with van der Waals surface area (Å²) in [4.78, 5) is 11.6. The number of nitrogens with one attached hydrogen (secondary N) is 2. The summed E-state index contributed by atoms with van der Waals surface area (Å²) in [6.45, 7) is 6.16. The number of carbonyl (C=O) groups excluding carboxylic acids is 1. The molecule has 1 aromatic carbocycles. The fourth-order valence-electron chi connectivity index (χ4n) is 1.11. The van der Waals surface area contributed by atoms with E-state index in [0.29, 0.717) is 5.92 Å². The van der Waals surface area contributed by atoms with E-state index < -0.39 is 0 Å². The molecule has 0 fully saturated rings. The Morgan fingerprint density at radius 2 is 2.00 bits per heavy atom. The van der Waals surface area contributed by atoms with E-state index in [4.69, 9.17) is 0 Å². The third-order valence-electron chi connectivity index (χ3n) is 2.44. The van der Waals surface area contributed by atoms with Crippen molar-refractivity contribution >= 4 is 34.3 Å². The molecule has 1 aromatic rings. The highest BCUT2D eigenvalue weighted by atomic mass is 127. The lowest BCUT2D eigenvalue weighted by Gasteiger charge is -2.17. The summed E-state index contributed by atoms with van der Waals surface area (Å²) in [7, 11) is 0. The molecule has 1 rings (SSSR count). The Kier molecular flexibility index (Phi) is 5.05. The predicted molar refractivity (Wildman–Crippen MR) is 75.6 cm³/mol. The second-order valence-corrected chi connectivity index (χ2v) is 5.39. The quantitative estimate of drug-likeness (QED) is 0.818. The maximum Gasteiger partial charge on any atom is 0.319 e. The van der Waals surface area contributed by atoms with Crippen LogP contribution in [0.5, 0.6) is 0 Å². The highest BCUT2D eigenvalue weighted by Gasteiger charge is 2.10. The van der Waals surface area contributed by atoms with E-state index in [1.54, 1.807) is 0 Å². The molecule has 0 aliphatic heterocycles. The lowest BCUT2D eigenvalue weighted by Crippen LogP contribution is -2.38. The van der Waals surface area contributed by atoms with Crippen molar-refractivity contribution < 1.29 is 4.79 Å². The van der Waals surface area contributed by atoms with Crippen LogP contribution < -0.4 is 10.6 Å². The lowest BCUT2D eigenvalue weighted by atomic mass is 10.1. The first-order chi connectivity index (χ1) is 7.49. The number of rotatable bonds is 3. The third kappa shape index (κ3) is 4.38. The van der Waals surface area contributed by atoms with Crippen LogP contribution in [0.4, 0.5) is 10.5 Å². The van der Waals surface area contributed by atoms with Crippen LogP contribution in [0, 0.1) is 9.49 Å². The summed E-state index contributed by atoms with van der Waals surface area (Å²) in [5, 5.41) is 5.71. The molecule has 0 aliphatic rings. The zero-order chi connectivity index (χ0) is 12.1. The van der Waals surface area contributed by atoms with E-state index in [-0.39, 0.29) is 12.1 Å². The Balaban J connectivity index is 2.52. The van der Waals surface area contributed by atoms with Crippen molar-refractivity contribution in [2.24, 2.45) is 5.92 Å². The van der Waals surface area contributed by atoms with Gasteiger partial charge in [0.2, 0.25) is 0 Å². The van der Waals surface area contributed by atoms with Crippen molar-refractivity contribution in [2.75, 3.05) is 5.32 Å². The van der Waals surface area contributed by atoms with Gasteiger partial charge in [-0.05, 0) is 53.6 Å². The number of halogens is 1. The van der Waals surface area contributed by atoms with Crippen molar-refractivity contribution in [2.45, 2.75) is 26.8 Å². The molecule has 0 radical (unpaired) electrons. The maximum absolute atomic E-state index is 11.6. The van der Waals surface area contributed by atoms with E-state index >= 15 is 0 Å². The average Bonchev–Trinajstić information content (AvgIpc) is 2.16. The number of benzene rings is 1. The first kappa shape index (κ1) is 13.3. The van der Waals surface area contributed by atoms with Crippen LogP contribution >= 0.6 is 22.6 Å². The molecule has 0 saturated heterocycles. The molecule has 0 heterocycles. The number of hydrogen-bond acceptors (Lipinski definition) is 1. The van der Waals surface area contributed by atoms with Crippen LogP contribution in [0.25, 0.3) is 0 Å². The molecule has 0 aliphatic carbocycles. The first-order valence-electron chi connectivity index (χ1n) is 5.32. The molecular formula is C12H17IN2O. The van der Waals surface area contributed by atoms with Crippen LogP contribution in [-0.4, -0.2) is 12.1 Å². The normalized spacial score (nSPS) is 12.3. The number of anilines is 1. The van der Waals surface area contributed by atoms with Gasteiger partial charge in [0.1, 0.15) is 0 Å². The maximum atomic E-state index is 11.6. The predicted octanol–water partition coefficient (Wildman–Crippen LogP) is 3.46. The Labute approximate surface area is 110 Å². The van der Waals surface area contributed by atoms with Gasteiger partial charge in [0, 0.05) is 15.3 Å². The minimum Gasteiger partial charge on any atom is -0.335 e. The molecular weight excluding hydrogens is 315 g/mol. The summed E-state index contributed by atoms with van der Waals surface area (Å²) in [6.07, 6.45) is 0. The molecule has 2 N–H and O–H groups in total. The van der Waals surface area contributed by atoms with Crippen LogP contribution in [0.3, 0.4) is 0 Å². The largest absolute Gasteiger partial charge is 0.335 e. The Hall–Kier alpha value is -0.780. The van der Waals surface area contributed by atoms with Gasteiger partial charge in [0.25, 0.3) is 0 Å². The Morgan fingerprint density at radius 1 is 1.31 bits per heavy atom. The van der Waals surface area contributed by atoms with Crippen molar-refractivity contribution in [1.82, 2.24) is 5.32 Å². The number of hydrogen-bond donors (Lipinski definition) is 2. The van der Waals surface area contributed by atoms with Crippen molar-refractivity contribution in [3.05, 3.63) is 27.8 Å². The van der Waals surface area contributed by atoms with E-state index in [1.807, 2.05) is 31.2 Å². The number of carbonyl (C=O) groups is 1. The van der Waals surface area contributed by atoms with Gasteiger partial charge in [-0.15, -0.1) is 0 Å². The molecule has 88 valence electrons. The van der Waals surface area contributed by atoms with Gasteiger partial charge >= 0.3 is 6.03 Å². The van der Waals surface area contributed by atoms with Gasteiger partial charge in [-0.3, -0.25) is 0 Å². The highest BCUT2D eigenvalue weighted by Crippen LogP contribution is 2.12. The molecule has 0 unspecified atom stereocenters. The second kappa shape index (κ2) is 6.08.